The summed E-state index contributed by atoms with van der Waals surface area (Å²) in [6.45, 7) is 0.881. The zero-order chi connectivity index (χ0) is 13.5. The van der Waals surface area contributed by atoms with Crippen molar-refractivity contribution in [1.82, 2.24) is 4.98 Å². The molecule has 1 aromatic heterocycles. The third-order valence-electron chi connectivity index (χ3n) is 3.76. The van der Waals surface area contributed by atoms with Crippen LogP contribution in [-0.2, 0) is 6.42 Å². The average molecular weight is 268 g/mol. The molecule has 4 heteroatoms. The average Bonchev–Trinajstić information content (AvgIpc) is 3.03. The number of anilines is 1. The van der Waals surface area contributed by atoms with Crippen LogP contribution in [0.1, 0.15) is 17.4 Å². The number of nitrogens with zero attached hydrogens (tertiary/aromatic N) is 1. The summed E-state index contributed by atoms with van der Waals surface area (Å²) in [6.07, 6.45) is 0.723. The fourth-order valence-electron chi connectivity index (χ4n) is 2.78. The van der Waals surface area contributed by atoms with Crippen LogP contribution < -0.4 is 5.32 Å². The minimum absolute atomic E-state index is 0.298. The second-order valence-electron chi connectivity index (χ2n) is 5.09. The highest BCUT2D eigenvalue weighted by Gasteiger charge is 2.23. The number of benzene rings is 2. The Labute approximate surface area is 115 Å². The first-order chi connectivity index (χ1) is 9.79. The van der Waals surface area contributed by atoms with Gasteiger partial charge >= 0.3 is 0 Å². The quantitative estimate of drug-likeness (QED) is 0.769. The van der Waals surface area contributed by atoms with Crippen molar-refractivity contribution in [2.24, 2.45) is 0 Å². The van der Waals surface area contributed by atoms with Crippen LogP contribution in [0.15, 0.2) is 46.9 Å². The Morgan fingerprint density at radius 2 is 2.15 bits per heavy atom. The van der Waals surface area contributed by atoms with Crippen molar-refractivity contribution in [3.05, 3.63) is 59.7 Å². The van der Waals surface area contributed by atoms with Crippen LogP contribution in [0.2, 0.25) is 0 Å². The maximum Gasteiger partial charge on any atom is 0.196 e. The van der Waals surface area contributed by atoms with Gasteiger partial charge in [0.1, 0.15) is 11.3 Å². The molecule has 1 N–H and O–H groups in total. The van der Waals surface area contributed by atoms with Gasteiger partial charge in [0.2, 0.25) is 0 Å². The number of aromatic nitrogens is 1. The van der Waals surface area contributed by atoms with Gasteiger partial charge in [0, 0.05) is 30.6 Å². The van der Waals surface area contributed by atoms with Crippen LogP contribution in [-0.4, -0.2) is 11.5 Å². The molecule has 0 fully saturated rings. The number of halogens is 1. The zero-order valence-corrected chi connectivity index (χ0v) is 10.8. The highest BCUT2D eigenvalue weighted by molar-refractivity contribution is 5.72. The van der Waals surface area contributed by atoms with Crippen LogP contribution >= 0.6 is 0 Å². The van der Waals surface area contributed by atoms with Gasteiger partial charge in [-0.1, -0.05) is 18.2 Å². The van der Waals surface area contributed by atoms with Gasteiger partial charge in [-0.15, -0.1) is 0 Å². The molecule has 3 aromatic rings. The Morgan fingerprint density at radius 1 is 1.25 bits per heavy atom. The van der Waals surface area contributed by atoms with Crippen molar-refractivity contribution in [1.29, 1.82) is 0 Å². The number of para-hydroxylation sites is 1. The number of oxazole rings is 1. The molecule has 0 saturated carbocycles. The molecule has 1 atom stereocenters. The molecular formula is C16H13FN2O. The van der Waals surface area contributed by atoms with Crippen LogP contribution in [0.25, 0.3) is 11.1 Å². The van der Waals surface area contributed by atoms with Gasteiger partial charge in [0.15, 0.2) is 11.5 Å². The number of hydrogen-bond donors (Lipinski definition) is 1. The third kappa shape index (κ3) is 1.84. The van der Waals surface area contributed by atoms with E-state index in [-0.39, 0.29) is 5.82 Å². The Balaban J connectivity index is 1.65. The molecule has 3 nitrogen and oxygen atoms in total. The number of hydrogen-bond acceptors (Lipinski definition) is 3. The summed E-state index contributed by atoms with van der Waals surface area (Å²) in [4.78, 5) is 4.43. The second-order valence-corrected chi connectivity index (χ2v) is 5.09. The predicted molar refractivity (Wildman–Crippen MR) is 75.3 cm³/mol. The molecule has 20 heavy (non-hydrogen) atoms. The van der Waals surface area contributed by atoms with Gasteiger partial charge in [-0.3, -0.25) is 0 Å². The summed E-state index contributed by atoms with van der Waals surface area (Å²) in [7, 11) is 0. The SMILES string of the molecule is Fc1ccc2nc(CC3CNc4ccccc43)oc2c1. The van der Waals surface area contributed by atoms with Crippen molar-refractivity contribution < 1.29 is 8.81 Å². The van der Waals surface area contributed by atoms with E-state index in [1.54, 1.807) is 6.07 Å². The fourth-order valence-corrected chi connectivity index (χ4v) is 2.78. The summed E-state index contributed by atoms with van der Waals surface area (Å²) in [5, 5.41) is 3.38. The van der Waals surface area contributed by atoms with E-state index in [0.717, 1.165) is 13.0 Å². The van der Waals surface area contributed by atoms with Crippen LogP contribution in [0.3, 0.4) is 0 Å². The first kappa shape index (κ1) is 11.5. The Kier molecular flexibility index (Phi) is 2.49. The largest absolute Gasteiger partial charge is 0.441 e. The molecule has 0 aliphatic carbocycles. The zero-order valence-electron chi connectivity index (χ0n) is 10.8. The molecule has 1 unspecified atom stereocenters. The van der Waals surface area contributed by atoms with Crippen LogP contribution in [0.4, 0.5) is 10.1 Å². The molecule has 100 valence electrons. The molecule has 2 aromatic carbocycles. The molecule has 0 saturated heterocycles. The van der Waals surface area contributed by atoms with Crippen molar-refractivity contribution in [3.8, 4) is 0 Å². The number of nitrogens with one attached hydrogen (secondary N) is 1. The first-order valence-electron chi connectivity index (χ1n) is 6.67. The van der Waals surface area contributed by atoms with E-state index in [1.807, 2.05) is 12.1 Å². The van der Waals surface area contributed by atoms with Crippen LogP contribution in [0, 0.1) is 5.82 Å². The standard InChI is InChI=1S/C16H13FN2O/c17-11-5-6-14-15(8-11)20-16(19-14)7-10-9-18-13-4-2-1-3-12(10)13/h1-6,8,10,18H,7,9H2. The molecule has 1 aliphatic heterocycles. The highest BCUT2D eigenvalue weighted by Crippen LogP contribution is 2.33. The van der Waals surface area contributed by atoms with Gasteiger partial charge in [-0.05, 0) is 23.8 Å². The van der Waals surface area contributed by atoms with Gasteiger partial charge in [-0.25, -0.2) is 9.37 Å². The highest BCUT2D eigenvalue weighted by atomic mass is 19.1. The second kappa shape index (κ2) is 4.34. The number of rotatable bonds is 2. The molecule has 0 spiro atoms. The molecule has 4 rings (SSSR count). The van der Waals surface area contributed by atoms with Crippen molar-refractivity contribution in [2.45, 2.75) is 12.3 Å². The summed E-state index contributed by atoms with van der Waals surface area (Å²) in [5.74, 6) is 0.714. The van der Waals surface area contributed by atoms with E-state index < -0.39 is 0 Å². The predicted octanol–water partition coefficient (Wildman–Crippen LogP) is 3.72. The van der Waals surface area contributed by atoms with Crippen LogP contribution in [0.5, 0.6) is 0 Å². The Bertz CT molecular complexity index is 781. The van der Waals surface area contributed by atoms with Gasteiger partial charge < -0.3 is 9.73 Å². The third-order valence-corrected chi connectivity index (χ3v) is 3.76. The van der Waals surface area contributed by atoms with Gasteiger partial charge in [0.25, 0.3) is 0 Å². The normalized spacial score (nSPS) is 17.1. The monoisotopic (exact) mass is 268 g/mol. The topological polar surface area (TPSA) is 38.1 Å². The maximum absolute atomic E-state index is 13.2. The lowest BCUT2D eigenvalue weighted by atomic mass is 9.98. The maximum atomic E-state index is 13.2. The van der Waals surface area contributed by atoms with Crippen molar-refractivity contribution in [2.75, 3.05) is 11.9 Å². The Hall–Kier alpha value is -2.36. The van der Waals surface area contributed by atoms with E-state index in [9.17, 15) is 4.39 Å². The van der Waals surface area contributed by atoms with E-state index in [1.165, 1.54) is 23.4 Å². The van der Waals surface area contributed by atoms with E-state index in [2.05, 4.69) is 22.4 Å². The van der Waals surface area contributed by atoms with Crippen molar-refractivity contribution in [3.63, 3.8) is 0 Å². The van der Waals surface area contributed by atoms with Gasteiger partial charge in [0.05, 0.1) is 0 Å². The summed E-state index contributed by atoms with van der Waals surface area (Å²) >= 11 is 0. The molecule has 0 amide bonds. The minimum Gasteiger partial charge on any atom is -0.441 e. The molecule has 0 radical (unpaired) electrons. The fraction of sp³-hybridized carbons (Fsp3) is 0.188. The Morgan fingerprint density at radius 3 is 3.10 bits per heavy atom. The minimum atomic E-state index is -0.298. The molecule has 2 heterocycles. The lowest BCUT2D eigenvalue weighted by Gasteiger charge is -2.06. The smallest absolute Gasteiger partial charge is 0.196 e. The molecular weight excluding hydrogens is 255 g/mol. The summed E-state index contributed by atoms with van der Waals surface area (Å²) in [5.41, 5.74) is 3.69. The number of fused-ring (bicyclic) bond motifs is 2. The summed E-state index contributed by atoms with van der Waals surface area (Å²) < 4.78 is 18.8. The lowest BCUT2D eigenvalue weighted by Crippen LogP contribution is -2.05. The van der Waals surface area contributed by atoms with E-state index in [0.29, 0.717) is 22.9 Å². The van der Waals surface area contributed by atoms with E-state index in [4.69, 9.17) is 4.42 Å². The van der Waals surface area contributed by atoms with Crippen molar-refractivity contribution >= 4 is 16.8 Å². The molecule has 1 aliphatic rings. The lowest BCUT2D eigenvalue weighted by molar-refractivity contribution is 0.505. The summed E-state index contributed by atoms with van der Waals surface area (Å²) in [6, 6.07) is 12.7. The molecule has 0 bridgehead atoms. The first-order valence-corrected chi connectivity index (χ1v) is 6.67. The van der Waals surface area contributed by atoms with E-state index >= 15 is 0 Å². The van der Waals surface area contributed by atoms with Gasteiger partial charge in [-0.2, -0.15) is 0 Å².